The van der Waals surface area contributed by atoms with Crippen LogP contribution in [0.25, 0.3) is 0 Å². The fraction of sp³-hybridized carbons (Fsp3) is 0.692. The van der Waals surface area contributed by atoms with Crippen LogP contribution >= 0.6 is 11.3 Å². The number of aryl methyl sites for hydroxylation is 2. The first kappa shape index (κ1) is 15.0. The lowest BCUT2D eigenvalue weighted by Gasteiger charge is -2.33. The molecule has 1 aliphatic heterocycles. The second-order valence-electron chi connectivity index (χ2n) is 5.40. The quantitative estimate of drug-likeness (QED) is 0.930. The molecule has 4 nitrogen and oxygen atoms in total. The van der Waals surface area contributed by atoms with E-state index in [9.17, 15) is 8.42 Å². The fourth-order valence-corrected chi connectivity index (χ4v) is 5.68. The van der Waals surface area contributed by atoms with E-state index in [2.05, 4.69) is 0 Å². The van der Waals surface area contributed by atoms with E-state index in [1.54, 1.807) is 10.4 Å². The maximum atomic E-state index is 12.7. The number of nitrogens with two attached hydrogens (primary N) is 1. The van der Waals surface area contributed by atoms with Gasteiger partial charge in [-0.2, -0.15) is 4.31 Å². The van der Waals surface area contributed by atoms with Gasteiger partial charge in [0.15, 0.2) is 0 Å². The molecule has 0 radical (unpaired) electrons. The van der Waals surface area contributed by atoms with Crippen molar-refractivity contribution < 1.29 is 8.42 Å². The van der Waals surface area contributed by atoms with E-state index in [0.717, 1.165) is 22.6 Å². The molecule has 0 unspecified atom stereocenters. The maximum absolute atomic E-state index is 12.7. The van der Waals surface area contributed by atoms with E-state index in [1.165, 1.54) is 11.3 Å². The van der Waals surface area contributed by atoms with Gasteiger partial charge in [0.25, 0.3) is 0 Å². The van der Waals surface area contributed by atoms with Crippen LogP contribution in [-0.2, 0) is 10.0 Å². The molecule has 0 amide bonds. The average Bonchev–Trinajstić information content (AvgIpc) is 2.69. The van der Waals surface area contributed by atoms with Gasteiger partial charge in [-0.05, 0) is 45.6 Å². The highest BCUT2D eigenvalue weighted by Crippen LogP contribution is 2.30. The highest BCUT2D eigenvalue weighted by molar-refractivity contribution is 7.89. The zero-order valence-corrected chi connectivity index (χ0v) is 13.4. The third-order valence-electron chi connectivity index (χ3n) is 3.78. The van der Waals surface area contributed by atoms with E-state index in [0.29, 0.717) is 18.0 Å². The lowest BCUT2D eigenvalue weighted by molar-refractivity contribution is 0.243. The number of rotatable bonds is 3. The van der Waals surface area contributed by atoms with Crippen molar-refractivity contribution in [3.8, 4) is 0 Å². The number of hydrogen-bond donors (Lipinski definition) is 1. The summed E-state index contributed by atoms with van der Waals surface area (Å²) in [5.41, 5.74) is 5.93. The van der Waals surface area contributed by atoms with Gasteiger partial charge in [0.1, 0.15) is 0 Å². The minimum absolute atomic E-state index is 0.0447. The highest BCUT2D eigenvalue weighted by Gasteiger charge is 2.32. The molecule has 1 aromatic rings. The molecule has 2 N–H and O–H groups in total. The minimum atomic E-state index is -3.35. The smallest absolute Gasteiger partial charge is 0.244 e. The molecule has 1 fully saturated rings. The molecule has 2 atom stereocenters. The van der Waals surface area contributed by atoms with Gasteiger partial charge in [0, 0.05) is 28.9 Å². The summed E-state index contributed by atoms with van der Waals surface area (Å²) < 4.78 is 27.0. The van der Waals surface area contributed by atoms with Gasteiger partial charge in [0.05, 0.1) is 4.90 Å². The summed E-state index contributed by atoms with van der Waals surface area (Å²) in [6.45, 7) is 6.93. The molecule has 0 saturated carbocycles. The minimum Gasteiger partial charge on any atom is -0.328 e. The molecule has 1 aromatic heterocycles. The van der Waals surface area contributed by atoms with Crippen LogP contribution < -0.4 is 5.73 Å². The SMILES string of the molecule is Cc1cc(S(=O)(=O)N2CCC[C@@H]([C@@H](C)N)C2)c(C)s1. The molecular weight excluding hydrogens is 280 g/mol. The Kier molecular flexibility index (Phi) is 4.35. The molecule has 6 heteroatoms. The molecule has 19 heavy (non-hydrogen) atoms. The Morgan fingerprint density at radius 2 is 2.16 bits per heavy atom. The average molecular weight is 302 g/mol. The zero-order valence-electron chi connectivity index (χ0n) is 11.7. The Morgan fingerprint density at radius 3 is 2.68 bits per heavy atom. The molecule has 2 rings (SSSR count). The molecule has 0 bridgehead atoms. The van der Waals surface area contributed by atoms with E-state index >= 15 is 0 Å². The van der Waals surface area contributed by atoms with Crippen molar-refractivity contribution in [1.82, 2.24) is 4.31 Å². The Hall–Kier alpha value is -0.430. The molecule has 1 aliphatic rings. The summed E-state index contributed by atoms with van der Waals surface area (Å²) in [4.78, 5) is 2.39. The van der Waals surface area contributed by atoms with Crippen molar-refractivity contribution in [3.05, 3.63) is 15.8 Å². The molecule has 0 spiro atoms. The lowest BCUT2D eigenvalue weighted by Crippen LogP contribution is -2.44. The van der Waals surface area contributed by atoms with E-state index in [4.69, 9.17) is 5.73 Å². The Bertz CT molecular complexity index is 549. The second-order valence-corrected chi connectivity index (χ2v) is 8.77. The van der Waals surface area contributed by atoms with Crippen molar-refractivity contribution >= 4 is 21.4 Å². The summed E-state index contributed by atoms with van der Waals surface area (Å²) >= 11 is 1.54. The first-order chi connectivity index (χ1) is 8.82. The standard InChI is InChI=1S/C13H22N2O2S2/c1-9-7-13(11(3)18-9)19(16,17)15-6-4-5-12(8-15)10(2)14/h7,10,12H,4-6,8,14H2,1-3H3/t10-,12-/m1/s1. The number of sulfonamides is 1. The van der Waals surface area contributed by atoms with Crippen molar-refractivity contribution in [1.29, 1.82) is 0 Å². The third kappa shape index (κ3) is 3.02. The molecule has 2 heterocycles. The van der Waals surface area contributed by atoms with Gasteiger partial charge in [-0.1, -0.05) is 0 Å². The predicted octanol–water partition coefficient (Wildman–Crippen LogP) is 2.11. The Morgan fingerprint density at radius 1 is 1.47 bits per heavy atom. The number of piperidine rings is 1. The largest absolute Gasteiger partial charge is 0.328 e. The molecule has 108 valence electrons. The molecule has 0 aliphatic carbocycles. The Labute approximate surface area is 119 Å². The van der Waals surface area contributed by atoms with Gasteiger partial charge in [0.2, 0.25) is 10.0 Å². The predicted molar refractivity (Wildman–Crippen MR) is 78.9 cm³/mol. The number of hydrogen-bond acceptors (Lipinski definition) is 4. The molecule has 0 aromatic carbocycles. The topological polar surface area (TPSA) is 63.4 Å². The summed E-state index contributed by atoms with van der Waals surface area (Å²) in [5.74, 6) is 0.267. The lowest BCUT2D eigenvalue weighted by atomic mass is 9.93. The van der Waals surface area contributed by atoms with Crippen LogP contribution in [0, 0.1) is 19.8 Å². The fourth-order valence-electron chi connectivity index (χ4n) is 2.62. The monoisotopic (exact) mass is 302 g/mol. The van der Waals surface area contributed by atoms with Gasteiger partial charge in [-0.25, -0.2) is 8.42 Å². The number of nitrogens with zero attached hydrogens (tertiary/aromatic N) is 1. The third-order valence-corrected chi connectivity index (χ3v) is 6.86. The van der Waals surface area contributed by atoms with Crippen LogP contribution in [-0.4, -0.2) is 31.9 Å². The van der Waals surface area contributed by atoms with Crippen LogP contribution in [0.4, 0.5) is 0 Å². The van der Waals surface area contributed by atoms with Crippen molar-refractivity contribution in [2.75, 3.05) is 13.1 Å². The molecule has 1 saturated heterocycles. The Balaban J connectivity index is 2.27. The van der Waals surface area contributed by atoms with E-state index < -0.39 is 10.0 Å². The summed E-state index contributed by atoms with van der Waals surface area (Å²) in [7, 11) is -3.35. The summed E-state index contributed by atoms with van der Waals surface area (Å²) in [5, 5.41) is 0. The van der Waals surface area contributed by atoms with Crippen LogP contribution in [0.1, 0.15) is 29.5 Å². The maximum Gasteiger partial charge on any atom is 0.244 e. The van der Waals surface area contributed by atoms with Crippen molar-refractivity contribution in [3.63, 3.8) is 0 Å². The van der Waals surface area contributed by atoms with Gasteiger partial charge >= 0.3 is 0 Å². The first-order valence-electron chi connectivity index (χ1n) is 6.65. The van der Waals surface area contributed by atoms with Gasteiger partial charge in [-0.3, -0.25) is 0 Å². The zero-order chi connectivity index (χ0) is 14.2. The number of thiophene rings is 1. The normalized spacial score (nSPS) is 23.5. The van der Waals surface area contributed by atoms with Gasteiger partial charge in [-0.15, -0.1) is 11.3 Å². The van der Waals surface area contributed by atoms with Gasteiger partial charge < -0.3 is 5.73 Å². The van der Waals surface area contributed by atoms with Crippen LogP contribution in [0.15, 0.2) is 11.0 Å². The van der Waals surface area contributed by atoms with Crippen molar-refractivity contribution in [2.45, 2.75) is 44.6 Å². The van der Waals surface area contributed by atoms with Crippen LogP contribution in [0.3, 0.4) is 0 Å². The highest BCUT2D eigenvalue weighted by atomic mass is 32.2. The second kappa shape index (κ2) is 5.52. The van der Waals surface area contributed by atoms with Crippen LogP contribution in [0.2, 0.25) is 0 Å². The molecular formula is C13H22N2O2S2. The summed E-state index contributed by atoms with van der Waals surface area (Å²) in [6.07, 6.45) is 1.92. The van der Waals surface area contributed by atoms with E-state index in [1.807, 2.05) is 20.8 Å². The van der Waals surface area contributed by atoms with Crippen molar-refractivity contribution in [2.24, 2.45) is 11.7 Å². The van der Waals surface area contributed by atoms with E-state index in [-0.39, 0.29) is 12.0 Å². The first-order valence-corrected chi connectivity index (χ1v) is 8.91. The summed E-state index contributed by atoms with van der Waals surface area (Å²) in [6, 6.07) is 1.83. The van der Waals surface area contributed by atoms with Crippen LogP contribution in [0.5, 0.6) is 0 Å².